The molecule has 194 valence electrons. The fourth-order valence-electron chi connectivity index (χ4n) is 5.21. The van der Waals surface area contributed by atoms with Crippen LogP contribution in [0.5, 0.6) is 0 Å². The Bertz CT molecular complexity index is 1710. The van der Waals surface area contributed by atoms with Gasteiger partial charge >= 0.3 is 0 Å². The summed E-state index contributed by atoms with van der Waals surface area (Å²) in [4.78, 5) is 4.63. The van der Waals surface area contributed by atoms with Gasteiger partial charge < -0.3 is 9.80 Å². The van der Waals surface area contributed by atoms with E-state index in [2.05, 4.69) is 181 Å². The second-order valence-corrected chi connectivity index (χ2v) is 10.1. The van der Waals surface area contributed by atoms with Crippen molar-refractivity contribution in [2.75, 3.05) is 9.80 Å². The lowest BCUT2D eigenvalue weighted by atomic mass is 10.0. The van der Waals surface area contributed by atoms with Crippen molar-refractivity contribution in [2.45, 2.75) is 13.8 Å². The van der Waals surface area contributed by atoms with Crippen LogP contribution in [0.15, 0.2) is 158 Å². The first kappa shape index (κ1) is 25.2. The molecule has 0 bridgehead atoms. The van der Waals surface area contributed by atoms with E-state index in [1.165, 1.54) is 22.3 Å². The zero-order valence-electron chi connectivity index (χ0n) is 22.9. The van der Waals surface area contributed by atoms with Gasteiger partial charge in [0.05, 0.1) is 0 Å². The van der Waals surface area contributed by atoms with Gasteiger partial charge in [0, 0.05) is 34.1 Å². The standard InChI is InChI=1S/C38H32N2/c1-29-12-9-19-36(26-29)39(33-15-5-3-6-16-33)35-24-22-31(23-25-35)32-14-11-21-38(28-32)40(34-17-7-4-8-18-34)37-20-10-13-30(2)27-37/h3-28H,1-2H3. The first-order chi connectivity index (χ1) is 19.7. The van der Waals surface area contributed by atoms with Gasteiger partial charge in [-0.3, -0.25) is 0 Å². The molecule has 0 heterocycles. The minimum atomic E-state index is 1.13. The molecule has 0 saturated heterocycles. The molecule has 0 atom stereocenters. The number of nitrogens with zero attached hydrogens (tertiary/aromatic N) is 2. The number of rotatable bonds is 7. The van der Waals surface area contributed by atoms with Crippen molar-refractivity contribution in [3.8, 4) is 11.1 Å². The maximum atomic E-state index is 2.32. The largest absolute Gasteiger partial charge is 0.310 e. The lowest BCUT2D eigenvalue weighted by molar-refractivity contribution is 1.27. The quantitative estimate of drug-likeness (QED) is 0.208. The highest BCUT2D eigenvalue weighted by Crippen LogP contribution is 2.38. The van der Waals surface area contributed by atoms with Crippen LogP contribution in [0.1, 0.15) is 11.1 Å². The van der Waals surface area contributed by atoms with Crippen LogP contribution in [0.3, 0.4) is 0 Å². The first-order valence-corrected chi connectivity index (χ1v) is 13.7. The van der Waals surface area contributed by atoms with E-state index in [1.54, 1.807) is 0 Å². The summed E-state index contributed by atoms with van der Waals surface area (Å²) in [5.74, 6) is 0. The van der Waals surface area contributed by atoms with Crippen LogP contribution < -0.4 is 9.80 Å². The topological polar surface area (TPSA) is 6.48 Å². The Labute approximate surface area is 237 Å². The molecule has 0 spiro atoms. The highest BCUT2D eigenvalue weighted by atomic mass is 15.1. The van der Waals surface area contributed by atoms with E-state index in [9.17, 15) is 0 Å². The van der Waals surface area contributed by atoms with Gasteiger partial charge in [-0.25, -0.2) is 0 Å². The van der Waals surface area contributed by atoms with Crippen LogP contribution in [-0.2, 0) is 0 Å². The van der Waals surface area contributed by atoms with E-state index < -0.39 is 0 Å². The smallest absolute Gasteiger partial charge is 0.0467 e. The highest BCUT2D eigenvalue weighted by Gasteiger charge is 2.15. The Kier molecular flexibility index (Phi) is 7.15. The van der Waals surface area contributed by atoms with E-state index in [4.69, 9.17) is 0 Å². The van der Waals surface area contributed by atoms with E-state index in [1.807, 2.05) is 0 Å². The van der Waals surface area contributed by atoms with Crippen molar-refractivity contribution >= 4 is 34.1 Å². The Morgan fingerprint density at radius 3 is 1.20 bits per heavy atom. The SMILES string of the molecule is Cc1cccc(N(c2ccccc2)c2ccc(-c3cccc(N(c4ccccc4)c4cccc(C)c4)c3)cc2)c1. The Morgan fingerprint density at radius 2 is 0.700 bits per heavy atom. The van der Waals surface area contributed by atoms with E-state index in [-0.39, 0.29) is 0 Å². The molecule has 40 heavy (non-hydrogen) atoms. The van der Waals surface area contributed by atoms with Crippen LogP contribution in [0.25, 0.3) is 11.1 Å². The number of benzene rings is 6. The van der Waals surface area contributed by atoms with Crippen LogP contribution in [0.4, 0.5) is 34.1 Å². The zero-order valence-corrected chi connectivity index (χ0v) is 22.9. The van der Waals surface area contributed by atoms with Gasteiger partial charge in [0.1, 0.15) is 0 Å². The Hall–Kier alpha value is -5.08. The summed E-state index contributed by atoms with van der Waals surface area (Å²) in [5.41, 5.74) is 11.7. The van der Waals surface area contributed by atoms with Crippen LogP contribution in [-0.4, -0.2) is 0 Å². The summed E-state index contributed by atoms with van der Waals surface area (Å²) in [7, 11) is 0. The molecule has 0 aliphatic heterocycles. The summed E-state index contributed by atoms with van der Waals surface area (Å²) in [5, 5.41) is 0. The molecular weight excluding hydrogens is 484 g/mol. The summed E-state index contributed by atoms with van der Waals surface area (Å²) in [6.45, 7) is 4.28. The van der Waals surface area contributed by atoms with Crippen LogP contribution >= 0.6 is 0 Å². The fourth-order valence-corrected chi connectivity index (χ4v) is 5.21. The molecule has 6 aromatic carbocycles. The second kappa shape index (κ2) is 11.3. The number of para-hydroxylation sites is 2. The maximum absolute atomic E-state index is 2.32. The highest BCUT2D eigenvalue weighted by molar-refractivity contribution is 5.82. The molecule has 6 rings (SSSR count). The van der Waals surface area contributed by atoms with Crippen molar-refractivity contribution < 1.29 is 0 Å². The van der Waals surface area contributed by atoms with E-state index >= 15 is 0 Å². The first-order valence-electron chi connectivity index (χ1n) is 13.7. The molecule has 0 saturated carbocycles. The minimum absolute atomic E-state index is 1.13. The van der Waals surface area contributed by atoms with Crippen LogP contribution in [0.2, 0.25) is 0 Å². The van der Waals surface area contributed by atoms with Crippen molar-refractivity contribution in [1.82, 2.24) is 0 Å². The number of hydrogen-bond donors (Lipinski definition) is 0. The van der Waals surface area contributed by atoms with Crippen molar-refractivity contribution in [1.29, 1.82) is 0 Å². The molecule has 0 radical (unpaired) electrons. The van der Waals surface area contributed by atoms with Gasteiger partial charge in [-0.2, -0.15) is 0 Å². The van der Waals surface area contributed by atoms with E-state index in [0.717, 1.165) is 34.1 Å². The molecule has 0 amide bonds. The average Bonchev–Trinajstić information content (AvgIpc) is 2.99. The Morgan fingerprint density at radius 1 is 0.300 bits per heavy atom. The third-order valence-corrected chi connectivity index (χ3v) is 7.11. The van der Waals surface area contributed by atoms with E-state index in [0.29, 0.717) is 0 Å². The van der Waals surface area contributed by atoms with Gasteiger partial charge in [0.2, 0.25) is 0 Å². The average molecular weight is 517 g/mol. The molecule has 0 N–H and O–H groups in total. The molecule has 2 nitrogen and oxygen atoms in total. The molecular formula is C38H32N2. The van der Waals surface area contributed by atoms with Gasteiger partial charge in [0.15, 0.2) is 0 Å². The molecule has 0 unspecified atom stereocenters. The molecule has 0 aliphatic carbocycles. The third-order valence-electron chi connectivity index (χ3n) is 7.11. The molecule has 0 aromatic heterocycles. The monoisotopic (exact) mass is 516 g/mol. The lowest BCUT2D eigenvalue weighted by Gasteiger charge is -2.27. The van der Waals surface area contributed by atoms with Gasteiger partial charge in [-0.15, -0.1) is 0 Å². The Balaban J connectivity index is 1.38. The molecule has 0 aliphatic rings. The summed E-state index contributed by atoms with van der Waals surface area (Å²) < 4.78 is 0. The maximum Gasteiger partial charge on any atom is 0.0467 e. The second-order valence-electron chi connectivity index (χ2n) is 10.1. The third kappa shape index (κ3) is 5.39. The fraction of sp³-hybridized carbons (Fsp3) is 0.0526. The van der Waals surface area contributed by atoms with Gasteiger partial charge in [-0.1, -0.05) is 84.9 Å². The minimum Gasteiger partial charge on any atom is -0.310 e. The zero-order chi connectivity index (χ0) is 27.3. The molecule has 2 heteroatoms. The van der Waals surface area contributed by atoms with Crippen molar-refractivity contribution in [2.24, 2.45) is 0 Å². The summed E-state index contributed by atoms with van der Waals surface area (Å²) >= 11 is 0. The summed E-state index contributed by atoms with van der Waals surface area (Å²) in [6.07, 6.45) is 0. The number of anilines is 6. The number of hydrogen-bond acceptors (Lipinski definition) is 2. The number of aryl methyl sites for hydroxylation is 2. The van der Waals surface area contributed by atoms with Crippen molar-refractivity contribution in [3.05, 3.63) is 169 Å². The lowest BCUT2D eigenvalue weighted by Crippen LogP contribution is -2.10. The molecule has 0 fully saturated rings. The van der Waals surface area contributed by atoms with Crippen LogP contribution in [0, 0.1) is 13.8 Å². The normalized spacial score (nSPS) is 10.8. The molecule has 6 aromatic rings. The van der Waals surface area contributed by atoms with Gasteiger partial charge in [-0.05, 0) is 109 Å². The summed E-state index contributed by atoms with van der Waals surface area (Å²) in [6, 6.07) is 56.1. The predicted molar refractivity (Wildman–Crippen MR) is 171 cm³/mol. The predicted octanol–water partition coefficient (Wildman–Crippen LogP) is 10.9. The van der Waals surface area contributed by atoms with Crippen molar-refractivity contribution in [3.63, 3.8) is 0 Å². The van der Waals surface area contributed by atoms with Gasteiger partial charge in [0.25, 0.3) is 0 Å².